The number of aliphatic carboxylic acids is 2. The van der Waals surface area contributed by atoms with Gasteiger partial charge in [0.25, 0.3) is 0 Å². The van der Waals surface area contributed by atoms with E-state index >= 15 is 0 Å². The molecule has 0 aromatic heterocycles. The molecule has 0 atom stereocenters. The largest absolute Gasteiger partial charge is 0.490 e. The fourth-order valence-electron chi connectivity index (χ4n) is 2.36. The van der Waals surface area contributed by atoms with Crippen molar-refractivity contribution in [3.8, 4) is 11.5 Å². The summed E-state index contributed by atoms with van der Waals surface area (Å²) >= 11 is 0. The van der Waals surface area contributed by atoms with Gasteiger partial charge in [0.1, 0.15) is 25.5 Å². The summed E-state index contributed by atoms with van der Waals surface area (Å²) in [6.07, 6.45) is 1.33. The number of ether oxygens (including phenoxy) is 2. The number of hydrazone groups is 1. The number of halogens is 1. The van der Waals surface area contributed by atoms with Gasteiger partial charge >= 0.3 is 11.9 Å². The van der Waals surface area contributed by atoms with Crippen molar-refractivity contribution in [1.82, 2.24) is 5.01 Å². The first-order valence-electron chi connectivity index (χ1n) is 8.74. The normalized spacial score (nSPS) is 10.7. The predicted molar refractivity (Wildman–Crippen MR) is 103 cm³/mol. The van der Waals surface area contributed by atoms with Crippen molar-refractivity contribution in [1.29, 1.82) is 0 Å². The van der Waals surface area contributed by atoms with Gasteiger partial charge in [-0.1, -0.05) is 18.2 Å². The molecular weight excluding hydrogens is 383 g/mol. The van der Waals surface area contributed by atoms with E-state index in [1.54, 1.807) is 43.3 Å². The highest BCUT2D eigenvalue weighted by atomic mass is 19.1. The van der Waals surface area contributed by atoms with Crippen LogP contribution in [0.2, 0.25) is 0 Å². The van der Waals surface area contributed by atoms with Crippen LogP contribution in [-0.2, 0) is 16.2 Å². The maximum atomic E-state index is 13.7. The van der Waals surface area contributed by atoms with E-state index in [0.29, 0.717) is 29.2 Å². The molecule has 0 amide bonds. The summed E-state index contributed by atoms with van der Waals surface area (Å²) in [5.41, 5.74) is 0.950. The van der Waals surface area contributed by atoms with E-state index in [4.69, 9.17) is 19.7 Å². The highest BCUT2D eigenvalue weighted by Gasteiger charge is 2.11. The summed E-state index contributed by atoms with van der Waals surface area (Å²) in [6.45, 7) is 1.07. The number of hydrogen-bond donors (Lipinski definition) is 2. The minimum atomic E-state index is -1.20. The molecule has 29 heavy (non-hydrogen) atoms. The quantitative estimate of drug-likeness (QED) is 0.438. The number of carboxylic acid groups (broad SMARTS) is 2. The molecule has 0 heterocycles. The fraction of sp³-hybridized carbons (Fsp3) is 0.250. The lowest BCUT2D eigenvalue weighted by Crippen LogP contribution is -2.30. The van der Waals surface area contributed by atoms with Gasteiger partial charge in [-0.05, 0) is 36.8 Å². The summed E-state index contributed by atoms with van der Waals surface area (Å²) in [5.74, 6) is -1.97. The maximum absolute atomic E-state index is 13.7. The molecule has 2 N–H and O–H groups in total. The minimum absolute atomic E-state index is 0.0190. The fourth-order valence-corrected chi connectivity index (χ4v) is 2.36. The zero-order valence-corrected chi connectivity index (χ0v) is 15.7. The number of hydrogen-bond acceptors (Lipinski definition) is 6. The van der Waals surface area contributed by atoms with Gasteiger partial charge in [0, 0.05) is 5.56 Å². The molecule has 0 radical (unpaired) electrons. The van der Waals surface area contributed by atoms with Crippen LogP contribution in [0.5, 0.6) is 11.5 Å². The van der Waals surface area contributed by atoms with Gasteiger partial charge < -0.3 is 19.7 Å². The lowest BCUT2D eigenvalue weighted by molar-refractivity contribution is -0.141. The molecule has 0 spiro atoms. The molecule has 0 aliphatic heterocycles. The van der Waals surface area contributed by atoms with Crippen LogP contribution in [0.4, 0.5) is 4.39 Å². The van der Waals surface area contributed by atoms with Crippen LogP contribution in [0.1, 0.15) is 18.1 Å². The van der Waals surface area contributed by atoms with Crippen LogP contribution >= 0.6 is 0 Å². The van der Waals surface area contributed by atoms with Gasteiger partial charge in [-0.15, -0.1) is 0 Å². The summed E-state index contributed by atoms with van der Waals surface area (Å²) in [6, 6.07) is 11.1. The van der Waals surface area contributed by atoms with Crippen LogP contribution in [0.25, 0.3) is 0 Å². The summed E-state index contributed by atoms with van der Waals surface area (Å²) in [4.78, 5) is 21.7. The van der Waals surface area contributed by atoms with E-state index in [9.17, 15) is 14.0 Å². The third kappa shape index (κ3) is 7.13. The second kappa shape index (κ2) is 10.6. The summed E-state index contributed by atoms with van der Waals surface area (Å²) in [7, 11) is 0. The molecule has 0 aliphatic carbocycles. The van der Waals surface area contributed by atoms with Crippen molar-refractivity contribution in [3.05, 3.63) is 59.4 Å². The first kappa shape index (κ1) is 21.7. The number of nitrogens with zero attached hydrogens (tertiary/aromatic N) is 2. The zero-order chi connectivity index (χ0) is 21.2. The Morgan fingerprint density at radius 3 is 2.38 bits per heavy atom. The Labute approximate surface area is 166 Å². The van der Waals surface area contributed by atoms with Gasteiger partial charge in [0.15, 0.2) is 11.5 Å². The Morgan fingerprint density at radius 1 is 1.07 bits per heavy atom. The molecule has 0 aliphatic rings. The highest BCUT2D eigenvalue weighted by Crippen LogP contribution is 2.29. The van der Waals surface area contributed by atoms with Crippen LogP contribution in [0.3, 0.4) is 0 Å². The summed E-state index contributed by atoms with van der Waals surface area (Å²) < 4.78 is 25.0. The number of rotatable bonds is 11. The standard InChI is InChI=1S/C20H21FN2O6/c1-2-28-18-9-14(10-22-23(11-19(24)25)12-20(26)27)7-8-17(18)29-13-15-5-3-4-6-16(15)21/h3-10H,2,11-13H2,1H3,(H,24,25)(H,26,27)/b22-10-. The minimum Gasteiger partial charge on any atom is -0.490 e. The van der Waals surface area contributed by atoms with E-state index in [1.165, 1.54) is 12.3 Å². The third-order valence-corrected chi connectivity index (χ3v) is 3.61. The van der Waals surface area contributed by atoms with E-state index < -0.39 is 25.0 Å². The van der Waals surface area contributed by atoms with Crippen LogP contribution in [0, 0.1) is 5.82 Å². The lowest BCUT2D eigenvalue weighted by Gasteiger charge is -2.15. The van der Waals surface area contributed by atoms with Crippen molar-refractivity contribution in [2.24, 2.45) is 5.10 Å². The number of carboxylic acids is 2. The van der Waals surface area contributed by atoms with Crippen LogP contribution in [-0.4, -0.2) is 53.1 Å². The first-order valence-corrected chi connectivity index (χ1v) is 8.74. The zero-order valence-electron chi connectivity index (χ0n) is 15.7. The van der Waals surface area contributed by atoms with Crippen LogP contribution in [0.15, 0.2) is 47.6 Å². The molecule has 9 heteroatoms. The summed E-state index contributed by atoms with van der Waals surface area (Å²) in [5, 5.41) is 22.5. The smallest absolute Gasteiger partial charge is 0.324 e. The average Bonchev–Trinajstić information content (AvgIpc) is 2.66. The average molecular weight is 404 g/mol. The van der Waals surface area contributed by atoms with Crippen molar-refractivity contribution >= 4 is 18.2 Å². The molecular formula is C20H21FN2O6. The van der Waals surface area contributed by atoms with Crippen molar-refractivity contribution in [2.45, 2.75) is 13.5 Å². The Kier molecular flexibility index (Phi) is 7.96. The van der Waals surface area contributed by atoms with Gasteiger partial charge in [-0.3, -0.25) is 14.6 Å². The van der Waals surface area contributed by atoms with Crippen molar-refractivity contribution in [2.75, 3.05) is 19.7 Å². The molecule has 2 rings (SSSR count). The first-order chi connectivity index (χ1) is 13.9. The van der Waals surface area contributed by atoms with E-state index in [0.717, 1.165) is 5.01 Å². The van der Waals surface area contributed by atoms with Gasteiger partial charge in [0.2, 0.25) is 0 Å². The Balaban J connectivity index is 2.15. The molecule has 0 saturated carbocycles. The van der Waals surface area contributed by atoms with Gasteiger partial charge in [0.05, 0.1) is 12.8 Å². The molecule has 2 aromatic rings. The van der Waals surface area contributed by atoms with E-state index in [1.807, 2.05) is 0 Å². The van der Waals surface area contributed by atoms with Crippen LogP contribution < -0.4 is 9.47 Å². The third-order valence-electron chi connectivity index (χ3n) is 3.61. The van der Waals surface area contributed by atoms with E-state index in [-0.39, 0.29) is 12.4 Å². The topological polar surface area (TPSA) is 109 Å². The molecule has 0 saturated heterocycles. The molecule has 154 valence electrons. The Morgan fingerprint density at radius 2 is 1.76 bits per heavy atom. The van der Waals surface area contributed by atoms with Gasteiger partial charge in [-0.25, -0.2) is 4.39 Å². The SMILES string of the molecule is CCOc1cc(/C=N\N(CC(=O)O)CC(=O)O)ccc1OCc1ccccc1F. The molecule has 0 fully saturated rings. The van der Waals surface area contributed by atoms with Crippen molar-refractivity contribution < 1.29 is 33.7 Å². The van der Waals surface area contributed by atoms with Crippen molar-refractivity contribution in [3.63, 3.8) is 0 Å². The second-order valence-electron chi connectivity index (χ2n) is 5.87. The molecule has 0 bridgehead atoms. The second-order valence-corrected chi connectivity index (χ2v) is 5.87. The molecule has 0 unspecified atom stereocenters. The molecule has 2 aromatic carbocycles. The van der Waals surface area contributed by atoms with E-state index in [2.05, 4.69) is 5.10 Å². The lowest BCUT2D eigenvalue weighted by atomic mass is 10.2. The van der Waals surface area contributed by atoms with Gasteiger partial charge in [-0.2, -0.15) is 5.10 Å². The number of benzene rings is 2. The Hall–Kier alpha value is -3.62. The monoisotopic (exact) mass is 404 g/mol. The number of carbonyl (C=O) groups is 2. The predicted octanol–water partition coefficient (Wildman–Crippen LogP) is 2.61. The Bertz CT molecular complexity index is 871. The molecule has 8 nitrogen and oxygen atoms in total. The maximum Gasteiger partial charge on any atom is 0.324 e. The highest BCUT2D eigenvalue weighted by molar-refractivity contribution is 5.81.